The van der Waals surface area contributed by atoms with Crippen molar-refractivity contribution in [2.45, 2.75) is 92.9 Å². The molecule has 0 heteroatoms. The largest absolute Gasteiger partial charge is 0.123 e. The molecule has 0 spiro atoms. The van der Waals surface area contributed by atoms with Gasteiger partial charge in [0.1, 0.15) is 0 Å². The molecule has 122 valence electrons. The van der Waals surface area contributed by atoms with Crippen LogP contribution in [0.5, 0.6) is 0 Å². The van der Waals surface area contributed by atoms with Crippen LogP contribution in [0.15, 0.2) is 16.9 Å². The molecular weight excluding hydrogens is 252 g/mol. The minimum Gasteiger partial charge on any atom is -0.123 e. The third kappa shape index (κ3) is 6.43. The fourth-order valence-corrected chi connectivity index (χ4v) is 3.52. The summed E-state index contributed by atoms with van der Waals surface area (Å²) in [5, 5.41) is 0. The van der Waals surface area contributed by atoms with Crippen LogP contribution in [0.2, 0.25) is 0 Å². The number of hydrogen-bond donors (Lipinski definition) is 0. The van der Waals surface area contributed by atoms with Gasteiger partial charge in [0.05, 0.1) is 0 Å². The van der Waals surface area contributed by atoms with E-state index in [1.54, 1.807) is 5.57 Å². The van der Waals surface area contributed by atoms with Crippen molar-refractivity contribution in [3.05, 3.63) is 16.9 Å². The summed E-state index contributed by atoms with van der Waals surface area (Å²) < 4.78 is 0. The Kier molecular flexibility index (Phi) is 8.42. The zero-order valence-corrected chi connectivity index (χ0v) is 15.5. The zero-order chi connectivity index (χ0) is 15.8. The number of allylic oxidation sites excluding steroid dienone is 1. The molecule has 0 heterocycles. The van der Waals surface area contributed by atoms with Crippen molar-refractivity contribution in [1.82, 2.24) is 0 Å². The van der Waals surface area contributed by atoms with Crippen molar-refractivity contribution in [2.24, 2.45) is 23.7 Å². The van der Waals surface area contributed by atoms with Gasteiger partial charge >= 0.3 is 0 Å². The Morgan fingerprint density at radius 2 is 1.86 bits per heavy atom. The summed E-state index contributed by atoms with van der Waals surface area (Å²) in [5.74, 6) is 3.51. The fourth-order valence-electron chi connectivity index (χ4n) is 3.52. The first-order valence-electron chi connectivity index (χ1n) is 9.48. The van der Waals surface area contributed by atoms with E-state index in [0.717, 1.165) is 23.7 Å². The van der Waals surface area contributed by atoms with Crippen molar-refractivity contribution in [3.63, 3.8) is 0 Å². The summed E-state index contributed by atoms with van der Waals surface area (Å²) in [6.45, 7) is 14.1. The first kappa shape index (κ1) is 18.6. The highest BCUT2D eigenvalue weighted by atomic mass is 14.4. The Hall–Kier alpha value is -0.480. The number of hydrogen-bond acceptors (Lipinski definition) is 0. The molecule has 1 rings (SSSR count). The molecule has 0 amide bonds. The monoisotopic (exact) mass is 290 g/mol. The van der Waals surface area contributed by atoms with E-state index in [9.17, 15) is 0 Å². The van der Waals surface area contributed by atoms with Gasteiger partial charge in [-0.3, -0.25) is 0 Å². The zero-order valence-electron chi connectivity index (χ0n) is 15.5. The van der Waals surface area contributed by atoms with E-state index >= 15 is 0 Å². The molecule has 21 heavy (non-hydrogen) atoms. The van der Waals surface area contributed by atoms with Gasteiger partial charge in [0.25, 0.3) is 0 Å². The van der Waals surface area contributed by atoms with E-state index in [2.05, 4.69) is 47.3 Å². The Morgan fingerprint density at radius 1 is 1.14 bits per heavy atom. The molecule has 1 aliphatic carbocycles. The maximum absolute atomic E-state index is 3.71. The van der Waals surface area contributed by atoms with Gasteiger partial charge in [0, 0.05) is 0 Å². The Morgan fingerprint density at radius 3 is 2.43 bits per heavy atom. The van der Waals surface area contributed by atoms with Crippen LogP contribution < -0.4 is 0 Å². The highest BCUT2D eigenvalue weighted by Gasteiger charge is 2.33. The summed E-state index contributed by atoms with van der Waals surface area (Å²) in [5.41, 5.74) is 6.81. The fraction of sp³-hybridized carbons (Fsp3) is 0.857. The normalized spacial score (nSPS) is 21.6. The molecule has 4 unspecified atom stereocenters. The summed E-state index contributed by atoms with van der Waals surface area (Å²) >= 11 is 0. The topological polar surface area (TPSA) is 0 Å². The minimum atomic E-state index is 0.857. The second-order valence-corrected chi connectivity index (χ2v) is 7.45. The van der Waals surface area contributed by atoms with Crippen LogP contribution in [-0.4, -0.2) is 0 Å². The third-order valence-corrected chi connectivity index (χ3v) is 5.66. The Bertz CT molecular complexity index is 356. The molecule has 0 radical (unpaired) electrons. The van der Waals surface area contributed by atoms with E-state index in [1.807, 2.05) is 0 Å². The molecule has 0 aromatic heterocycles. The predicted octanol–water partition coefficient (Wildman–Crippen LogP) is 7.16. The molecular formula is C21H38. The first-order chi connectivity index (χ1) is 10.0. The van der Waals surface area contributed by atoms with E-state index in [-0.39, 0.29) is 0 Å². The van der Waals surface area contributed by atoms with Gasteiger partial charge < -0.3 is 0 Å². The van der Waals surface area contributed by atoms with Crippen molar-refractivity contribution in [2.75, 3.05) is 0 Å². The Balaban J connectivity index is 2.42. The summed E-state index contributed by atoms with van der Waals surface area (Å²) in [6.07, 6.45) is 10.7. The van der Waals surface area contributed by atoms with Crippen LogP contribution in [0, 0.1) is 23.7 Å². The third-order valence-electron chi connectivity index (χ3n) is 5.66. The van der Waals surface area contributed by atoms with E-state index in [4.69, 9.17) is 0 Å². The van der Waals surface area contributed by atoms with Gasteiger partial charge in [-0.1, -0.05) is 66.7 Å². The predicted molar refractivity (Wildman–Crippen MR) is 95.5 cm³/mol. The van der Waals surface area contributed by atoms with E-state index in [1.165, 1.54) is 56.9 Å². The van der Waals surface area contributed by atoms with Crippen LogP contribution in [0.3, 0.4) is 0 Å². The maximum Gasteiger partial charge on any atom is -0.00578 e. The summed E-state index contributed by atoms with van der Waals surface area (Å²) in [6, 6.07) is 0. The van der Waals surface area contributed by atoms with Gasteiger partial charge in [0.15, 0.2) is 0 Å². The van der Waals surface area contributed by atoms with Crippen LogP contribution in [-0.2, 0) is 0 Å². The lowest BCUT2D eigenvalue weighted by atomic mass is 9.84. The second-order valence-electron chi connectivity index (χ2n) is 7.45. The number of unbranched alkanes of at least 4 members (excludes halogenated alkanes) is 1. The van der Waals surface area contributed by atoms with Crippen molar-refractivity contribution in [3.8, 4) is 0 Å². The number of rotatable bonds is 10. The SMILES string of the molecule is CCCCC(CC)C(C)CCC(C)=C=C1CC1C(C)CC. The average molecular weight is 291 g/mol. The molecule has 0 aliphatic heterocycles. The summed E-state index contributed by atoms with van der Waals surface area (Å²) in [7, 11) is 0. The van der Waals surface area contributed by atoms with Crippen molar-refractivity contribution in [1.29, 1.82) is 0 Å². The summed E-state index contributed by atoms with van der Waals surface area (Å²) in [4.78, 5) is 0. The van der Waals surface area contributed by atoms with Gasteiger partial charge in [-0.2, -0.15) is 0 Å². The Labute approximate surface area is 134 Å². The van der Waals surface area contributed by atoms with Gasteiger partial charge in [0.2, 0.25) is 0 Å². The molecule has 0 N–H and O–H groups in total. The van der Waals surface area contributed by atoms with Crippen LogP contribution in [0.1, 0.15) is 92.9 Å². The van der Waals surface area contributed by atoms with Gasteiger partial charge in [-0.25, -0.2) is 0 Å². The van der Waals surface area contributed by atoms with Crippen LogP contribution in [0.25, 0.3) is 0 Å². The lowest BCUT2D eigenvalue weighted by Gasteiger charge is -2.22. The second kappa shape index (κ2) is 9.52. The maximum atomic E-state index is 3.71. The lowest BCUT2D eigenvalue weighted by Crippen LogP contribution is -2.11. The van der Waals surface area contributed by atoms with E-state index < -0.39 is 0 Å². The quantitative estimate of drug-likeness (QED) is 0.374. The highest BCUT2D eigenvalue weighted by Crippen LogP contribution is 2.44. The standard InChI is InChI=1S/C21H38/c1-7-10-11-19(9-3)18(6)13-12-16(4)14-20-15-21(20)17(5)8-2/h17-19,21H,7-13,15H2,1-6H3. The first-order valence-corrected chi connectivity index (χ1v) is 9.48. The van der Waals surface area contributed by atoms with Crippen LogP contribution in [0.4, 0.5) is 0 Å². The smallest absolute Gasteiger partial charge is 0.00578 e. The molecule has 1 fully saturated rings. The minimum absolute atomic E-state index is 0.857. The molecule has 4 atom stereocenters. The van der Waals surface area contributed by atoms with Crippen molar-refractivity contribution >= 4 is 0 Å². The average Bonchev–Trinajstić information content (AvgIpc) is 3.24. The highest BCUT2D eigenvalue weighted by molar-refractivity contribution is 5.25. The molecule has 0 bridgehead atoms. The van der Waals surface area contributed by atoms with Crippen molar-refractivity contribution < 1.29 is 0 Å². The van der Waals surface area contributed by atoms with Crippen LogP contribution >= 0.6 is 0 Å². The van der Waals surface area contributed by atoms with E-state index in [0.29, 0.717) is 0 Å². The molecule has 0 aromatic carbocycles. The van der Waals surface area contributed by atoms with Gasteiger partial charge in [-0.05, 0) is 61.0 Å². The molecule has 1 aliphatic rings. The molecule has 0 saturated heterocycles. The molecule has 1 saturated carbocycles. The lowest BCUT2D eigenvalue weighted by molar-refractivity contribution is 0.302. The molecule has 0 nitrogen and oxygen atoms in total. The molecule has 0 aromatic rings. The van der Waals surface area contributed by atoms with Gasteiger partial charge in [-0.15, -0.1) is 5.73 Å².